The van der Waals surface area contributed by atoms with Crippen molar-refractivity contribution in [2.45, 2.75) is 57.7 Å². The Bertz CT molecular complexity index is 958. The predicted molar refractivity (Wildman–Crippen MR) is 118 cm³/mol. The van der Waals surface area contributed by atoms with Gasteiger partial charge in [0, 0.05) is 18.0 Å². The second-order valence-corrected chi connectivity index (χ2v) is 8.66. The van der Waals surface area contributed by atoms with E-state index in [1.54, 1.807) is 20.1 Å². The highest BCUT2D eigenvalue weighted by Gasteiger charge is 2.38. The Morgan fingerprint density at radius 2 is 1.94 bits per heavy atom. The molecule has 3 unspecified atom stereocenters. The fraction of sp³-hybridized carbons (Fsp3) is 0.440. The quantitative estimate of drug-likeness (QED) is 0.617. The van der Waals surface area contributed by atoms with Gasteiger partial charge in [-0.15, -0.1) is 0 Å². The molecule has 2 fully saturated rings. The minimum atomic E-state index is -0.605. The number of benzene rings is 1. The highest BCUT2D eigenvalue weighted by atomic mass is 16.5. The number of hydrogen-bond acceptors (Lipinski definition) is 4. The van der Waals surface area contributed by atoms with E-state index in [0.29, 0.717) is 18.4 Å². The number of amides is 2. The average molecular weight is 423 g/mol. The zero-order valence-corrected chi connectivity index (χ0v) is 18.3. The van der Waals surface area contributed by atoms with Crippen LogP contribution < -0.4 is 10.1 Å². The molecule has 2 aliphatic rings. The molecule has 0 aliphatic heterocycles. The topological polar surface area (TPSA) is 71.8 Å². The van der Waals surface area contributed by atoms with E-state index in [4.69, 9.17) is 9.15 Å². The fourth-order valence-corrected chi connectivity index (χ4v) is 3.80. The third kappa shape index (κ3) is 5.37. The van der Waals surface area contributed by atoms with E-state index in [-0.39, 0.29) is 17.9 Å². The lowest BCUT2D eigenvalue weighted by Crippen LogP contribution is -2.47. The molecule has 2 amide bonds. The molecule has 0 saturated heterocycles. The van der Waals surface area contributed by atoms with Crippen molar-refractivity contribution in [1.29, 1.82) is 0 Å². The molecule has 1 aromatic carbocycles. The van der Waals surface area contributed by atoms with E-state index < -0.39 is 6.04 Å². The molecule has 0 radical (unpaired) electrons. The Labute approximate surface area is 183 Å². The predicted octanol–water partition coefficient (Wildman–Crippen LogP) is 4.12. The molecule has 0 bridgehead atoms. The smallest absolute Gasteiger partial charge is 0.245 e. The minimum absolute atomic E-state index is 0.0774. The molecule has 6 nitrogen and oxygen atoms in total. The van der Waals surface area contributed by atoms with Gasteiger partial charge in [-0.25, -0.2) is 0 Å². The van der Waals surface area contributed by atoms with E-state index in [2.05, 4.69) is 12.2 Å². The lowest BCUT2D eigenvalue weighted by molar-refractivity contribution is -0.136. The van der Waals surface area contributed by atoms with Crippen LogP contribution in [0.1, 0.15) is 56.1 Å². The van der Waals surface area contributed by atoms with Gasteiger partial charge < -0.3 is 19.4 Å². The second-order valence-electron chi connectivity index (χ2n) is 8.66. The summed E-state index contributed by atoms with van der Waals surface area (Å²) in [6, 6.07) is 11.0. The number of methoxy groups -OCH3 is 1. The first-order chi connectivity index (χ1) is 14.9. The summed E-state index contributed by atoms with van der Waals surface area (Å²) in [7, 11) is 1.61. The van der Waals surface area contributed by atoms with Gasteiger partial charge in [0.15, 0.2) is 0 Å². The molecule has 4 rings (SSSR count). The largest absolute Gasteiger partial charge is 0.497 e. The van der Waals surface area contributed by atoms with Crippen molar-refractivity contribution >= 4 is 17.9 Å². The molecule has 164 valence electrons. The molecule has 6 heteroatoms. The number of furan rings is 1. The van der Waals surface area contributed by atoms with Crippen LogP contribution in [0, 0.1) is 5.92 Å². The van der Waals surface area contributed by atoms with Gasteiger partial charge in [-0.2, -0.15) is 0 Å². The van der Waals surface area contributed by atoms with Crippen LogP contribution in [0.15, 0.2) is 46.9 Å². The van der Waals surface area contributed by atoms with Gasteiger partial charge in [0.1, 0.15) is 23.3 Å². The maximum absolute atomic E-state index is 13.0. The molecular formula is C25H30N2O4. The van der Waals surface area contributed by atoms with Crippen LogP contribution in [0.4, 0.5) is 0 Å². The Hall–Kier alpha value is -3.02. The summed E-state index contributed by atoms with van der Waals surface area (Å²) in [5, 5.41) is 2.79. The van der Waals surface area contributed by atoms with Crippen molar-refractivity contribution in [2.75, 3.05) is 7.11 Å². The number of nitrogens with one attached hydrogen (secondary N) is 1. The number of ether oxygens (including phenoxy) is 1. The number of carbonyl (C=O) groups is 2. The first-order valence-electron chi connectivity index (χ1n) is 11.0. The molecular weight excluding hydrogens is 392 g/mol. The van der Waals surface area contributed by atoms with Crippen LogP contribution in [-0.4, -0.2) is 35.9 Å². The second kappa shape index (κ2) is 9.00. The van der Waals surface area contributed by atoms with E-state index >= 15 is 0 Å². The van der Waals surface area contributed by atoms with Crippen LogP contribution in [0.5, 0.6) is 5.75 Å². The van der Waals surface area contributed by atoms with E-state index in [0.717, 1.165) is 35.7 Å². The molecule has 1 heterocycles. The lowest BCUT2D eigenvalue weighted by atomic mass is 10.2. The van der Waals surface area contributed by atoms with Crippen molar-refractivity contribution in [2.24, 2.45) is 5.92 Å². The van der Waals surface area contributed by atoms with Gasteiger partial charge in [-0.3, -0.25) is 9.59 Å². The van der Waals surface area contributed by atoms with Crippen molar-refractivity contribution < 1.29 is 18.7 Å². The number of carbonyl (C=O) groups excluding carboxylic acids is 2. The molecule has 31 heavy (non-hydrogen) atoms. The zero-order valence-electron chi connectivity index (χ0n) is 18.3. The summed E-state index contributed by atoms with van der Waals surface area (Å²) in [4.78, 5) is 27.2. The van der Waals surface area contributed by atoms with E-state index in [1.807, 2.05) is 41.3 Å². The van der Waals surface area contributed by atoms with Crippen molar-refractivity contribution in [3.8, 4) is 5.75 Å². The third-order valence-electron chi connectivity index (χ3n) is 6.03. The van der Waals surface area contributed by atoms with Crippen molar-refractivity contribution in [1.82, 2.24) is 10.2 Å². The van der Waals surface area contributed by atoms with Crippen LogP contribution in [0.2, 0.25) is 0 Å². The number of rotatable bonds is 9. The van der Waals surface area contributed by atoms with Gasteiger partial charge in [0.2, 0.25) is 11.8 Å². The molecule has 1 N–H and O–H groups in total. The summed E-state index contributed by atoms with van der Waals surface area (Å²) in [5.41, 5.74) is 0.883. The first kappa shape index (κ1) is 21.2. The maximum atomic E-state index is 13.0. The highest BCUT2D eigenvalue weighted by molar-refractivity contribution is 5.95. The molecule has 1 aromatic heterocycles. The van der Waals surface area contributed by atoms with Crippen LogP contribution in [0.25, 0.3) is 6.08 Å². The number of hydrogen-bond donors (Lipinski definition) is 1. The zero-order chi connectivity index (χ0) is 22.0. The van der Waals surface area contributed by atoms with E-state index in [1.165, 1.54) is 12.5 Å². The Balaban J connectivity index is 1.33. The normalized spacial score (nSPS) is 21.0. The number of nitrogens with zero attached hydrogens (tertiary/aromatic N) is 1. The summed E-state index contributed by atoms with van der Waals surface area (Å²) >= 11 is 0. The van der Waals surface area contributed by atoms with Gasteiger partial charge in [-0.1, -0.05) is 19.1 Å². The first-order valence-corrected chi connectivity index (χ1v) is 11.0. The highest BCUT2D eigenvalue weighted by Crippen LogP contribution is 2.47. The van der Waals surface area contributed by atoms with Crippen LogP contribution in [-0.2, 0) is 16.1 Å². The average Bonchev–Trinajstić information content (AvgIpc) is 3.69. The standard InChI is InChI=1S/C25H30N2O4/c1-16-14-22(16)23-12-11-21(31-23)15-27(19-7-8-19)25(29)17(2)26-24(28)13-6-18-4-9-20(30-3)10-5-18/h4-6,9-13,16-17,19,22H,7-8,14-15H2,1-3H3,(H,26,28)/b13-6+. The molecule has 3 atom stereocenters. The van der Waals surface area contributed by atoms with Crippen LogP contribution in [0.3, 0.4) is 0 Å². The van der Waals surface area contributed by atoms with Gasteiger partial charge in [0.25, 0.3) is 0 Å². The summed E-state index contributed by atoms with van der Waals surface area (Å²) in [6.45, 7) is 4.41. The summed E-state index contributed by atoms with van der Waals surface area (Å²) in [5.74, 6) is 3.43. The van der Waals surface area contributed by atoms with Crippen molar-refractivity contribution in [3.05, 3.63) is 59.6 Å². The molecule has 2 aromatic rings. The molecule has 2 saturated carbocycles. The maximum Gasteiger partial charge on any atom is 0.245 e. The van der Waals surface area contributed by atoms with Gasteiger partial charge in [-0.05, 0) is 68.0 Å². The Morgan fingerprint density at radius 1 is 1.23 bits per heavy atom. The van der Waals surface area contributed by atoms with Crippen LogP contribution >= 0.6 is 0 Å². The van der Waals surface area contributed by atoms with Gasteiger partial charge >= 0.3 is 0 Å². The molecule has 0 spiro atoms. The summed E-state index contributed by atoms with van der Waals surface area (Å²) in [6.07, 6.45) is 6.33. The minimum Gasteiger partial charge on any atom is -0.497 e. The fourth-order valence-electron chi connectivity index (χ4n) is 3.80. The monoisotopic (exact) mass is 422 g/mol. The lowest BCUT2D eigenvalue weighted by Gasteiger charge is -2.25. The SMILES string of the molecule is COc1ccc(/C=C/C(=O)NC(C)C(=O)N(Cc2ccc(C3CC3C)o2)C2CC2)cc1. The van der Waals surface area contributed by atoms with Crippen molar-refractivity contribution in [3.63, 3.8) is 0 Å². The third-order valence-corrected chi connectivity index (χ3v) is 6.03. The Kier molecular flexibility index (Phi) is 6.16. The molecule has 2 aliphatic carbocycles. The van der Waals surface area contributed by atoms with E-state index in [9.17, 15) is 9.59 Å². The van der Waals surface area contributed by atoms with Gasteiger partial charge in [0.05, 0.1) is 13.7 Å². The summed E-state index contributed by atoms with van der Waals surface area (Å²) < 4.78 is 11.1. The Morgan fingerprint density at radius 3 is 2.55 bits per heavy atom.